The highest BCUT2D eigenvalue weighted by Gasteiger charge is 2.29. The van der Waals surface area contributed by atoms with Crippen LogP contribution in [-0.4, -0.2) is 36.9 Å². The van der Waals surface area contributed by atoms with Crippen molar-refractivity contribution in [3.05, 3.63) is 27.7 Å². The Morgan fingerprint density at radius 2 is 1.84 bits per heavy atom. The predicted octanol–water partition coefficient (Wildman–Crippen LogP) is 2.72. The minimum atomic E-state index is -3.86. The number of nitrogens with zero attached hydrogens (tertiary/aromatic N) is 1. The molecule has 0 atom stereocenters. The number of hydrogen-bond donors (Lipinski definition) is 1. The first-order valence-electron chi connectivity index (χ1n) is 5.30. The van der Waals surface area contributed by atoms with Gasteiger partial charge in [0, 0.05) is 13.1 Å². The minimum absolute atomic E-state index is 0.108. The van der Waals surface area contributed by atoms with Crippen molar-refractivity contribution < 1.29 is 18.3 Å². The average molecular weight is 326 g/mol. The molecule has 106 valence electrons. The van der Waals surface area contributed by atoms with Gasteiger partial charge >= 0.3 is 5.97 Å². The zero-order valence-corrected chi connectivity index (χ0v) is 12.8. The largest absolute Gasteiger partial charge is 0.478 e. The maximum Gasteiger partial charge on any atom is 0.338 e. The van der Waals surface area contributed by atoms with E-state index in [1.807, 2.05) is 0 Å². The first kappa shape index (κ1) is 16.2. The zero-order chi connectivity index (χ0) is 15.0. The van der Waals surface area contributed by atoms with Crippen LogP contribution in [0.15, 0.2) is 17.0 Å². The molecule has 1 aromatic rings. The van der Waals surface area contributed by atoms with Crippen LogP contribution in [0.4, 0.5) is 0 Å². The van der Waals surface area contributed by atoms with Gasteiger partial charge in [0.05, 0.1) is 15.6 Å². The maximum atomic E-state index is 12.3. The smallest absolute Gasteiger partial charge is 0.338 e. The molecule has 0 aliphatic carbocycles. The van der Waals surface area contributed by atoms with Crippen LogP contribution in [0.5, 0.6) is 0 Å². The lowest BCUT2D eigenvalue weighted by molar-refractivity contribution is 0.0697. The van der Waals surface area contributed by atoms with Crippen LogP contribution in [0.25, 0.3) is 0 Å². The second kappa shape index (κ2) is 5.66. The topological polar surface area (TPSA) is 74.7 Å². The molecule has 8 heteroatoms. The van der Waals surface area contributed by atoms with Crippen molar-refractivity contribution in [1.29, 1.82) is 0 Å². The summed E-state index contributed by atoms with van der Waals surface area (Å²) in [4.78, 5) is 10.8. The molecule has 0 unspecified atom stereocenters. The number of benzene rings is 1. The lowest BCUT2D eigenvalue weighted by Crippen LogP contribution is -2.33. The summed E-state index contributed by atoms with van der Waals surface area (Å²) in [6.45, 7) is 3.39. The summed E-state index contributed by atoms with van der Waals surface area (Å²) < 4.78 is 25.7. The van der Waals surface area contributed by atoms with E-state index in [2.05, 4.69) is 0 Å². The second-order valence-electron chi connectivity index (χ2n) is 4.15. The van der Waals surface area contributed by atoms with Crippen LogP contribution >= 0.6 is 23.2 Å². The maximum absolute atomic E-state index is 12.3. The van der Waals surface area contributed by atoms with E-state index in [9.17, 15) is 13.2 Å². The summed E-state index contributed by atoms with van der Waals surface area (Å²) in [5, 5.41) is 8.52. The third-order valence-electron chi connectivity index (χ3n) is 2.65. The Bertz CT molecular complexity index is 613. The van der Waals surface area contributed by atoms with Crippen LogP contribution in [0.3, 0.4) is 0 Å². The average Bonchev–Trinajstić information content (AvgIpc) is 2.26. The van der Waals surface area contributed by atoms with Crippen molar-refractivity contribution in [3.63, 3.8) is 0 Å². The van der Waals surface area contributed by atoms with Gasteiger partial charge in [-0.2, -0.15) is 4.31 Å². The van der Waals surface area contributed by atoms with Crippen molar-refractivity contribution in [2.75, 3.05) is 7.05 Å². The van der Waals surface area contributed by atoms with E-state index in [4.69, 9.17) is 28.3 Å². The fourth-order valence-corrected chi connectivity index (χ4v) is 3.62. The third-order valence-corrected chi connectivity index (χ3v) is 5.55. The summed E-state index contributed by atoms with van der Waals surface area (Å²) in [5.41, 5.74) is -0.415. The Morgan fingerprint density at radius 1 is 1.32 bits per heavy atom. The van der Waals surface area contributed by atoms with E-state index in [0.717, 1.165) is 4.31 Å². The minimum Gasteiger partial charge on any atom is -0.478 e. The van der Waals surface area contributed by atoms with Gasteiger partial charge in [-0.05, 0) is 26.0 Å². The summed E-state index contributed by atoms with van der Waals surface area (Å²) in [6.07, 6.45) is 0. The molecule has 0 spiro atoms. The lowest BCUT2D eigenvalue weighted by Gasteiger charge is -2.22. The number of sulfonamides is 1. The van der Waals surface area contributed by atoms with Gasteiger partial charge in [-0.25, -0.2) is 13.2 Å². The molecular weight excluding hydrogens is 313 g/mol. The zero-order valence-electron chi connectivity index (χ0n) is 10.5. The molecule has 0 aliphatic heterocycles. The highest BCUT2D eigenvalue weighted by Crippen LogP contribution is 2.32. The quantitative estimate of drug-likeness (QED) is 0.923. The molecule has 0 fully saturated rings. The van der Waals surface area contributed by atoms with Crippen molar-refractivity contribution in [2.45, 2.75) is 24.8 Å². The Hall–Kier alpha value is -0.820. The first-order valence-corrected chi connectivity index (χ1v) is 7.49. The van der Waals surface area contributed by atoms with Crippen LogP contribution in [0.2, 0.25) is 10.0 Å². The number of carbonyl (C=O) groups is 1. The van der Waals surface area contributed by atoms with Crippen molar-refractivity contribution in [2.24, 2.45) is 0 Å². The Labute approximate surface area is 121 Å². The monoisotopic (exact) mass is 325 g/mol. The Morgan fingerprint density at radius 3 is 2.26 bits per heavy atom. The molecule has 0 aromatic heterocycles. The van der Waals surface area contributed by atoms with E-state index in [0.29, 0.717) is 0 Å². The van der Waals surface area contributed by atoms with E-state index in [1.54, 1.807) is 13.8 Å². The van der Waals surface area contributed by atoms with Gasteiger partial charge < -0.3 is 5.11 Å². The van der Waals surface area contributed by atoms with Crippen molar-refractivity contribution in [3.8, 4) is 0 Å². The van der Waals surface area contributed by atoms with Crippen molar-refractivity contribution >= 4 is 39.2 Å². The molecule has 0 saturated carbocycles. The Kier molecular flexibility index (Phi) is 4.84. The van der Waals surface area contributed by atoms with Gasteiger partial charge in [0.1, 0.15) is 4.90 Å². The van der Waals surface area contributed by atoms with Crippen LogP contribution in [-0.2, 0) is 10.0 Å². The van der Waals surface area contributed by atoms with E-state index < -0.39 is 21.6 Å². The number of carboxylic acids is 1. The third kappa shape index (κ3) is 3.02. The van der Waals surface area contributed by atoms with Crippen LogP contribution in [0.1, 0.15) is 24.2 Å². The normalized spacial score (nSPS) is 12.2. The van der Waals surface area contributed by atoms with E-state index >= 15 is 0 Å². The molecule has 1 rings (SSSR count). The molecule has 0 saturated heterocycles. The highest BCUT2D eigenvalue weighted by atomic mass is 35.5. The number of carboxylic acid groups (broad SMARTS) is 1. The standard InChI is InChI=1S/C11H13Cl2NO4S/c1-6(2)14(3)19(17,18)8-5-4-7(12)9(10(8)13)11(15)16/h4-6H,1-3H3,(H,15,16). The van der Waals surface area contributed by atoms with Crippen molar-refractivity contribution in [1.82, 2.24) is 4.31 Å². The van der Waals surface area contributed by atoms with E-state index in [-0.39, 0.29) is 21.0 Å². The summed E-state index contributed by atoms with van der Waals surface area (Å²) in [5.74, 6) is -1.38. The van der Waals surface area contributed by atoms with Gasteiger partial charge in [-0.1, -0.05) is 23.2 Å². The summed E-state index contributed by atoms with van der Waals surface area (Å²) in [6, 6.07) is 2.12. The second-order valence-corrected chi connectivity index (χ2v) is 6.91. The van der Waals surface area contributed by atoms with Crippen LogP contribution < -0.4 is 0 Å². The van der Waals surface area contributed by atoms with Gasteiger partial charge in [-0.15, -0.1) is 0 Å². The SMILES string of the molecule is CC(C)N(C)S(=O)(=O)c1ccc(Cl)c(C(=O)O)c1Cl. The molecule has 1 N–H and O–H groups in total. The molecule has 0 amide bonds. The number of rotatable bonds is 4. The molecule has 0 radical (unpaired) electrons. The molecule has 0 bridgehead atoms. The number of aromatic carboxylic acids is 1. The van der Waals surface area contributed by atoms with E-state index in [1.165, 1.54) is 19.2 Å². The Balaban J connectivity index is 3.54. The number of hydrogen-bond acceptors (Lipinski definition) is 3. The summed E-state index contributed by atoms with van der Waals surface area (Å²) >= 11 is 11.6. The molecule has 0 heterocycles. The molecule has 5 nitrogen and oxygen atoms in total. The summed E-state index contributed by atoms with van der Waals surface area (Å²) in [7, 11) is -2.47. The first-order chi connectivity index (χ1) is 8.60. The van der Waals surface area contributed by atoms with Gasteiger partial charge in [0.2, 0.25) is 10.0 Å². The highest BCUT2D eigenvalue weighted by molar-refractivity contribution is 7.89. The molecule has 1 aromatic carbocycles. The van der Waals surface area contributed by atoms with Gasteiger partial charge in [0.15, 0.2) is 0 Å². The van der Waals surface area contributed by atoms with Crippen LogP contribution in [0, 0.1) is 0 Å². The van der Waals surface area contributed by atoms with Gasteiger partial charge in [-0.3, -0.25) is 0 Å². The fourth-order valence-electron chi connectivity index (χ4n) is 1.36. The number of halogens is 2. The molecule has 19 heavy (non-hydrogen) atoms. The predicted molar refractivity (Wildman–Crippen MR) is 73.5 cm³/mol. The lowest BCUT2D eigenvalue weighted by atomic mass is 10.2. The molecular formula is C11H13Cl2NO4S. The van der Waals surface area contributed by atoms with Gasteiger partial charge in [0.25, 0.3) is 0 Å². The fraction of sp³-hybridized carbons (Fsp3) is 0.364. The molecule has 0 aliphatic rings.